The van der Waals surface area contributed by atoms with Gasteiger partial charge in [-0.05, 0) is 54.4 Å². The maximum Gasteiger partial charge on any atom is 0.257 e. The first-order valence-corrected chi connectivity index (χ1v) is 10.2. The second-order valence-electron chi connectivity index (χ2n) is 7.27. The molecular weight excluding hydrogens is 419 g/mol. The van der Waals surface area contributed by atoms with Crippen molar-refractivity contribution in [3.8, 4) is 0 Å². The maximum atomic E-state index is 13.1. The number of benzene rings is 2. The van der Waals surface area contributed by atoms with Crippen LogP contribution in [0.2, 0.25) is 5.02 Å². The first-order valence-electron chi connectivity index (χ1n) is 9.81. The molecule has 158 valence electrons. The summed E-state index contributed by atoms with van der Waals surface area (Å²) in [5.41, 5.74) is 1.86. The van der Waals surface area contributed by atoms with E-state index in [4.69, 9.17) is 11.6 Å². The highest BCUT2D eigenvalue weighted by Crippen LogP contribution is 2.20. The number of carbonyl (C=O) groups excluding carboxylic acids is 2. The normalized spacial score (nSPS) is 15.7. The monoisotopic (exact) mass is 438 g/mol. The molecule has 3 aromatic rings. The van der Waals surface area contributed by atoms with Crippen LogP contribution in [0.5, 0.6) is 0 Å². The Hall–Kier alpha value is -3.45. The van der Waals surface area contributed by atoms with Gasteiger partial charge in [-0.1, -0.05) is 29.8 Å². The Bertz CT molecular complexity index is 1090. The van der Waals surface area contributed by atoms with Gasteiger partial charge in [0.1, 0.15) is 17.7 Å². The summed E-state index contributed by atoms with van der Waals surface area (Å²) in [5, 5.41) is 6.42. The Kier molecular flexibility index (Phi) is 6.13. The summed E-state index contributed by atoms with van der Waals surface area (Å²) in [6, 6.07) is 15.9. The van der Waals surface area contributed by atoms with E-state index in [1.165, 1.54) is 18.3 Å². The van der Waals surface area contributed by atoms with Crippen LogP contribution in [-0.2, 0) is 11.3 Å². The van der Waals surface area contributed by atoms with E-state index in [1.54, 1.807) is 53.4 Å². The van der Waals surface area contributed by atoms with Crippen LogP contribution in [0, 0.1) is 5.82 Å². The maximum absolute atomic E-state index is 13.1. The number of nitrogens with one attached hydrogen (secondary N) is 2. The lowest BCUT2D eigenvalue weighted by atomic mass is 10.2. The number of amides is 2. The Morgan fingerprint density at radius 1 is 1.16 bits per heavy atom. The number of halogens is 2. The largest absolute Gasteiger partial charge is 0.358 e. The van der Waals surface area contributed by atoms with Gasteiger partial charge in [-0.3, -0.25) is 9.59 Å². The average Bonchev–Trinajstić information content (AvgIpc) is 3.09. The zero-order chi connectivity index (χ0) is 21.8. The Morgan fingerprint density at radius 3 is 2.68 bits per heavy atom. The Balaban J connectivity index is 1.34. The topological polar surface area (TPSA) is 74.3 Å². The van der Waals surface area contributed by atoms with Gasteiger partial charge in [0, 0.05) is 30.0 Å². The van der Waals surface area contributed by atoms with E-state index >= 15 is 0 Å². The highest BCUT2D eigenvalue weighted by molar-refractivity contribution is 6.31. The van der Waals surface area contributed by atoms with Gasteiger partial charge in [-0.15, -0.1) is 0 Å². The summed E-state index contributed by atoms with van der Waals surface area (Å²) < 4.78 is 13.1. The molecule has 1 aliphatic rings. The van der Waals surface area contributed by atoms with Crippen molar-refractivity contribution < 1.29 is 14.0 Å². The molecule has 0 spiro atoms. The number of likely N-dealkylation sites (tertiary alicyclic amines) is 1. The quantitative estimate of drug-likeness (QED) is 0.600. The van der Waals surface area contributed by atoms with E-state index in [0.29, 0.717) is 41.6 Å². The molecule has 0 radical (unpaired) electrons. The van der Waals surface area contributed by atoms with Crippen molar-refractivity contribution >= 4 is 34.9 Å². The van der Waals surface area contributed by atoms with Crippen molar-refractivity contribution in [2.24, 2.45) is 0 Å². The molecule has 2 amide bonds. The number of anilines is 2. The van der Waals surface area contributed by atoms with Crippen LogP contribution >= 0.6 is 11.6 Å². The first kappa shape index (κ1) is 20.8. The van der Waals surface area contributed by atoms with Crippen LogP contribution < -0.4 is 10.6 Å². The lowest BCUT2D eigenvalue weighted by Crippen LogP contribution is -2.33. The van der Waals surface area contributed by atoms with Crippen molar-refractivity contribution in [3.05, 3.63) is 88.8 Å². The van der Waals surface area contributed by atoms with Gasteiger partial charge in [-0.2, -0.15) is 0 Å². The van der Waals surface area contributed by atoms with E-state index in [1.807, 2.05) is 0 Å². The fraction of sp³-hybridized carbons (Fsp3) is 0.174. The minimum Gasteiger partial charge on any atom is -0.358 e. The molecule has 2 aromatic carbocycles. The number of aromatic nitrogens is 1. The minimum absolute atomic E-state index is 0.0334. The van der Waals surface area contributed by atoms with Crippen molar-refractivity contribution in [2.45, 2.75) is 19.0 Å². The third-order valence-electron chi connectivity index (χ3n) is 5.01. The number of pyridine rings is 1. The van der Waals surface area contributed by atoms with Crippen molar-refractivity contribution in [1.29, 1.82) is 0 Å². The van der Waals surface area contributed by atoms with E-state index in [2.05, 4.69) is 15.6 Å². The number of hydrogen-bond donors (Lipinski definition) is 2. The summed E-state index contributed by atoms with van der Waals surface area (Å²) in [4.78, 5) is 31.0. The second-order valence-corrected chi connectivity index (χ2v) is 7.70. The standard InChI is InChI=1S/C23H20ClFN4O2/c24-17-2-1-3-19(12-17)27-22(30)16-6-9-21(26-13-16)28-20-10-11-29(23(20)31)14-15-4-7-18(25)8-5-15/h1-9,12-13,20H,10-11,14H2,(H,26,28)(H,27,30). The third kappa shape index (κ3) is 5.19. The minimum atomic E-state index is -0.390. The summed E-state index contributed by atoms with van der Waals surface area (Å²) in [6.45, 7) is 1.04. The molecule has 2 heterocycles. The third-order valence-corrected chi connectivity index (χ3v) is 5.25. The van der Waals surface area contributed by atoms with Gasteiger partial charge in [0.05, 0.1) is 5.56 Å². The van der Waals surface area contributed by atoms with E-state index < -0.39 is 0 Å². The summed E-state index contributed by atoms with van der Waals surface area (Å²) in [5.74, 6) is -0.120. The molecule has 0 bridgehead atoms. The molecule has 1 fully saturated rings. The highest BCUT2D eigenvalue weighted by atomic mass is 35.5. The van der Waals surface area contributed by atoms with Crippen LogP contribution in [0.25, 0.3) is 0 Å². The summed E-state index contributed by atoms with van der Waals surface area (Å²) in [7, 11) is 0. The highest BCUT2D eigenvalue weighted by Gasteiger charge is 2.31. The van der Waals surface area contributed by atoms with Crippen LogP contribution in [0.1, 0.15) is 22.3 Å². The number of carbonyl (C=O) groups is 2. The number of rotatable bonds is 6. The van der Waals surface area contributed by atoms with Crippen LogP contribution in [-0.4, -0.2) is 34.3 Å². The molecule has 2 N–H and O–H groups in total. The average molecular weight is 439 g/mol. The smallest absolute Gasteiger partial charge is 0.257 e. The zero-order valence-electron chi connectivity index (χ0n) is 16.5. The Morgan fingerprint density at radius 2 is 1.97 bits per heavy atom. The fourth-order valence-corrected chi connectivity index (χ4v) is 3.59. The molecule has 1 unspecified atom stereocenters. The van der Waals surface area contributed by atoms with Crippen LogP contribution in [0.3, 0.4) is 0 Å². The van der Waals surface area contributed by atoms with Crippen molar-refractivity contribution in [3.63, 3.8) is 0 Å². The molecule has 8 heteroatoms. The van der Waals surface area contributed by atoms with Gasteiger partial charge < -0.3 is 15.5 Å². The van der Waals surface area contributed by atoms with Crippen LogP contribution in [0.4, 0.5) is 15.9 Å². The molecule has 4 rings (SSSR count). The lowest BCUT2D eigenvalue weighted by Gasteiger charge is -2.17. The fourth-order valence-electron chi connectivity index (χ4n) is 3.40. The van der Waals surface area contributed by atoms with Gasteiger partial charge >= 0.3 is 0 Å². The van der Waals surface area contributed by atoms with Crippen LogP contribution in [0.15, 0.2) is 66.9 Å². The molecule has 0 saturated carbocycles. The SMILES string of the molecule is O=C(Nc1cccc(Cl)c1)c1ccc(NC2CCN(Cc3ccc(F)cc3)C2=O)nc1. The molecule has 1 atom stereocenters. The van der Waals surface area contributed by atoms with Crippen molar-refractivity contribution in [1.82, 2.24) is 9.88 Å². The molecule has 6 nitrogen and oxygen atoms in total. The predicted molar refractivity (Wildman–Crippen MR) is 117 cm³/mol. The van der Waals surface area contributed by atoms with Gasteiger partial charge in [0.15, 0.2) is 0 Å². The van der Waals surface area contributed by atoms with E-state index in [-0.39, 0.29) is 23.7 Å². The van der Waals surface area contributed by atoms with Gasteiger partial charge in [-0.25, -0.2) is 9.37 Å². The summed E-state index contributed by atoms with van der Waals surface area (Å²) in [6.07, 6.45) is 2.09. The van der Waals surface area contributed by atoms with Crippen molar-refractivity contribution in [2.75, 3.05) is 17.2 Å². The summed E-state index contributed by atoms with van der Waals surface area (Å²) >= 11 is 5.93. The van der Waals surface area contributed by atoms with Gasteiger partial charge in [0.2, 0.25) is 5.91 Å². The lowest BCUT2D eigenvalue weighted by molar-refractivity contribution is -0.128. The zero-order valence-corrected chi connectivity index (χ0v) is 17.3. The second kappa shape index (κ2) is 9.14. The van der Waals surface area contributed by atoms with E-state index in [9.17, 15) is 14.0 Å². The predicted octanol–water partition coefficient (Wildman–Crippen LogP) is 4.34. The molecule has 1 aromatic heterocycles. The molecule has 1 saturated heterocycles. The van der Waals surface area contributed by atoms with Gasteiger partial charge in [0.25, 0.3) is 5.91 Å². The van der Waals surface area contributed by atoms with E-state index in [0.717, 1.165) is 5.56 Å². The number of hydrogen-bond acceptors (Lipinski definition) is 4. The molecule has 31 heavy (non-hydrogen) atoms. The molecule has 0 aliphatic carbocycles. The first-order chi connectivity index (χ1) is 15.0. The molecular formula is C23H20ClFN4O2. The number of nitrogens with zero attached hydrogens (tertiary/aromatic N) is 2. The molecule has 1 aliphatic heterocycles. The Labute approximate surface area is 184 Å².